The average molecular weight is 170 g/mol. The fourth-order valence-corrected chi connectivity index (χ4v) is 3.04. The van der Waals surface area contributed by atoms with Crippen molar-refractivity contribution in [1.29, 1.82) is 0 Å². The topological polar surface area (TPSA) is 20.2 Å². The van der Waals surface area contributed by atoms with E-state index in [4.69, 9.17) is 0 Å². The molecule has 2 heteroatoms. The highest BCUT2D eigenvalue weighted by molar-refractivity contribution is 4.77. The Labute approximate surface area is 74.8 Å². The van der Waals surface area contributed by atoms with Crippen molar-refractivity contribution in [1.82, 2.24) is 0 Å². The van der Waals surface area contributed by atoms with Gasteiger partial charge in [0.15, 0.2) is 0 Å². The van der Waals surface area contributed by atoms with Gasteiger partial charge in [-0.1, -0.05) is 0 Å². The molecule has 0 aromatic heterocycles. The summed E-state index contributed by atoms with van der Waals surface area (Å²) in [6.45, 7) is 2.59. The van der Waals surface area contributed by atoms with Gasteiger partial charge in [0.05, 0.1) is 20.1 Å². The fourth-order valence-electron chi connectivity index (χ4n) is 3.04. The zero-order valence-electron chi connectivity index (χ0n) is 8.00. The van der Waals surface area contributed by atoms with Gasteiger partial charge in [-0.05, 0) is 25.7 Å². The van der Waals surface area contributed by atoms with Crippen molar-refractivity contribution in [2.24, 2.45) is 0 Å². The predicted octanol–water partition coefficient (Wildman–Crippen LogP) is 1.14. The summed E-state index contributed by atoms with van der Waals surface area (Å²) in [5, 5.41) is 9.85. The van der Waals surface area contributed by atoms with Crippen molar-refractivity contribution in [3.05, 3.63) is 0 Å². The van der Waals surface area contributed by atoms with Crippen molar-refractivity contribution in [3.8, 4) is 0 Å². The highest BCUT2D eigenvalue weighted by Gasteiger charge is 2.42. The van der Waals surface area contributed by atoms with Gasteiger partial charge in [0.1, 0.15) is 12.1 Å². The number of hydrogen-bond acceptors (Lipinski definition) is 1. The summed E-state index contributed by atoms with van der Waals surface area (Å²) in [6.07, 6.45) is 6.18. The van der Waals surface area contributed by atoms with E-state index in [-0.39, 0.29) is 6.10 Å². The highest BCUT2D eigenvalue weighted by Crippen LogP contribution is 2.31. The van der Waals surface area contributed by atoms with E-state index < -0.39 is 0 Å². The Hall–Kier alpha value is -0.0800. The van der Waals surface area contributed by atoms with Crippen molar-refractivity contribution in [2.45, 2.75) is 44.2 Å². The van der Waals surface area contributed by atoms with Crippen LogP contribution in [0.15, 0.2) is 0 Å². The molecule has 2 aliphatic heterocycles. The monoisotopic (exact) mass is 170 g/mol. The second kappa shape index (κ2) is 3.00. The molecule has 2 rings (SSSR count). The van der Waals surface area contributed by atoms with Crippen molar-refractivity contribution in [2.75, 3.05) is 20.1 Å². The molecular formula is C10H20NO+. The first kappa shape index (κ1) is 8.52. The number of piperidine rings is 2. The van der Waals surface area contributed by atoms with E-state index in [9.17, 15) is 5.11 Å². The Bertz CT molecular complexity index is 167. The van der Waals surface area contributed by atoms with Crippen LogP contribution >= 0.6 is 0 Å². The third-order valence-electron chi connectivity index (χ3n) is 3.83. The maximum atomic E-state index is 9.85. The molecule has 70 valence electrons. The summed E-state index contributed by atoms with van der Waals surface area (Å²) in [7, 11) is 2.33. The first-order chi connectivity index (χ1) is 5.72. The third-order valence-corrected chi connectivity index (χ3v) is 3.83. The van der Waals surface area contributed by atoms with Crippen molar-refractivity contribution >= 4 is 0 Å². The van der Waals surface area contributed by atoms with E-state index in [0.29, 0.717) is 6.04 Å². The van der Waals surface area contributed by atoms with Gasteiger partial charge in [0, 0.05) is 6.42 Å². The molecule has 0 bridgehead atoms. The van der Waals surface area contributed by atoms with Crippen LogP contribution in [0.2, 0.25) is 0 Å². The van der Waals surface area contributed by atoms with E-state index in [1.165, 1.54) is 38.8 Å². The van der Waals surface area contributed by atoms with Crippen LogP contribution in [0.4, 0.5) is 0 Å². The van der Waals surface area contributed by atoms with Crippen LogP contribution in [-0.2, 0) is 0 Å². The van der Waals surface area contributed by atoms with Crippen LogP contribution in [0, 0.1) is 0 Å². The molecule has 0 aliphatic carbocycles. The van der Waals surface area contributed by atoms with Gasteiger partial charge < -0.3 is 9.59 Å². The van der Waals surface area contributed by atoms with E-state index in [1.54, 1.807) is 0 Å². The molecule has 2 fully saturated rings. The Morgan fingerprint density at radius 1 is 1.08 bits per heavy atom. The van der Waals surface area contributed by atoms with Gasteiger partial charge in [-0.25, -0.2) is 0 Å². The Morgan fingerprint density at radius 2 is 1.83 bits per heavy atom. The predicted molar refractivity (Wildman–Crippen MR) is 48.8 cm³/mol. The first-order valence-electron chi connectivity index (χ1n) is 5.25. The maximum Gasteiger partial charge on any atom is 0.115 e. The lowest BCUT2D eigenvalue weighted by molar-refractivity contribution is -0.946. The summed E-state index contributed by atoms with van der Waals surface area (Å²) in [6, 6.07) is 0.562. The normalized spacial score (nSPS) is 48.5. The highest BCUT2D eigenvalue weighted by atomic mass is 16.3. The molecule has 1 N–H and O–H groups in total. The number of quaternary nitrogens is 1. The zero-order valence-corrected chi connectivity index (χ0v) is 8.00. The Kier molecular flexibility index (Phi) is 2.13. The molecule has 0 saturated carbocycles. The Balaban J connectivity index is 2.12. The van der Waals surface area contributed by atoms with E-state index >= 15 is 0 Å². The SMILES string of the molecule is C[N@@+]12CCCC[C@H]1[C@H](O)CCC2. The average Bonchev–Trinajstić information content (AvgIpc) is 2.04. The lowest BCUT2D eigenvalue weighted by atomic mass is 9.88. The molecule has 0 aromatic carbocycles. The van der Waals surface area contributed by atoms with Gasteiger partial charge in [-0.2, -0.15) is 0 Å². The molecular weight excluding hydrogens is 150 g/mol. The number of hydrogen-bond donors (Lipinski definition) is 1. The van der Waals surface area contributed by atoms with Gasteiger partial charge in [-0.15, -0.1) is 0 Å². The van der Waals surface area contributed by atoms with Crippen molar-refractivity contribution in [3.63, 3.8) is 0 Å². The lowest BCUT2D eigenvalue weighted by Crippen LogP contribution is -2.62. The van der Waals surface area contributed by atoms with E-state index in [2.05, 4.69) is 7.05 Å². The smallest absolute Gasteiger partial charge is 0.115 e. The van der Waals surface area contributed by atoms with Gasteiger partial charge in [-0.3, -0.25) is 0 Å². The number of aliphatic hydroxyl groups excluding tert-OH is 1. The summed E-state index contributed by atoms with van der Waals surface area (Å²) in [5.74, 6) is 0. The van der Waals surface area contributed by atoms with Crippen LogP contribution < -0.4 is 0 Å². The summed E-state index contributed by atoms with van der Waals surface area (Å²) >= 11 is 0. The molecule has 12 heavy (non-hydrogen) atoms. The van der Waals surface area contributed by atoms with Gasteiger partial charge >= 0.3 is 0 Å². The minimum atomic E-state index is -0.0101. The molecule has 0 aromatic rings. The molecule has 2 saturated heterocycles. The van der Waals surface area contributed by atoms with Crippen LogP contribution in [0.3, 0.4) is 0 Å². The second-order valence-corrected chi connectivity index (χ2v) is 4.70. The standard InChI is InChI=1S/C10H20NO/c1-11-7-3-2-5-9(11)10(12)6-4-8-11/h9-10,12H,2-8H2,1H3/q+1/t9-,10+,11-/m0/s1. The maximum absolute atomic E-state index is 9.85. The van der Waals surface area contributed by atoms with Crippen LogP contribution in [-0.4, -0.2) is 41.9 Å². The van der Waals surface area contributed by atoms with Crippen LogP contribution in [0.5, 0.6) is 0 Å². The molecule has 0 amide bonds. The molecule has 2 heterocycles. The number of rotatable bonds is 0. The summed E-state index contributed by atoms with van der Waals surface area (Å²) in [4.78, 5) is 0. The Morgan fingerprint density at radius 3 is 2.58 bits per heavy atom. The first-order valence-corrected chi connectivity index (χ1v) is 5.25. The summed E-state index contributed by atoms with van der Waals surface area (Å²) in [5.41, 5.74) is 0. The summed E-state index contributed by atoms with van der Waals surface area (Å²) < 4.78 is 1.15. The molecule has 0 unspecified atom stereocenters. The molecule has 2 nitrogen and oxygen atoms in total. The lowest BCUT2D eigenvalue weighted by Gasteiger charge is -2.49. The van der Waals surface area contributed by atoms with Gasteiger partial charge in [0.25, 0.3) is 0 Å². The third kappa shape index (κ3) is 1.27. The zero-order chi connectivity index (χ0) is 8.60. The van der Waals surface area contributed by atoms with Crippen LogP contribution in [0.25, 0.3) is 0 Å². The molecule has 0 spiro atoms. The van der Waals surface area contributed by atoms with Crippen LogP contribution in [0.1, 0.15) is 32.1 Å². The minimum absolute atomic E-state index is 0.0101. The number of likely N-dealkylation sites (N-methyl/N-ethyl adjacent to an activating group) is 1. The minimum Gasteiger partial charge on any atom is -0.387 e. The molecule has 2 aliphatic rings. The fraction of sp³-hybridized carbons (Fsp3) is 1.00. The second-order valence-electron chi connectivity index (χ2n) is 4.70. The molecule has 3 atom stereocenters. The van der Waals surface area contributed by atoms with E-state index in [0.717, 1.165) is 10.9 Å². The quantitative estimate of drug-likeness (QED) is 0.541. The number of fused-ring (bicyclic) bond motifs is 1. The van der Waals surface area contributed by atoms with E-state index in [1.807, 2.05) is 0 Å². The number of nitrogens with zero attached hydrogens (tertiary/aromatic N) is 1. The largest absolute Gasteiger partial charge is 0.387 e. The number of aliphatic hydroxyl groups is 1. The van der Waals surface area contributed by atoms with Crippen molar-refractivity contribution < 1.29 is 9.59 Å². The molecule has 0 radical (unpaired) electrons. The van der Waals surface area contributed by atoms with Gasteiger partial charge in [0.2, 0.25) is 0 Å².